The third-order valence-corrected chi connectivity index (χ3v) is 2.80. The molecule has 1 rings (SSSR count). The third-order valence-electron chi connectivity index (χ3n) is 2.80. The molecule has 3 unspecified atom stereocenters. The fourth-order valence-electron chi connectivity index (χ4n) is 1.95. The minimum absolute atomic E-state index is 0.0969. The smallest absolute Gasteiger partial charge is 0.310 e. The number of carboxylic acids is 1. The van der Waals surface area contributed by atoms with Crippen molar-refractivity contribution in [2.24, 2.45) is 17.8 Å². The Hall–Kier alpha value is -1.32. The zero-order valence-corrected chi connectivity index (χ0v) is 10.6. The summed E-state index contributed by atoms with van der Waals surface area (Å²) >= 11 is 0. The maximum Gasteiger partial charge on any atom is 0.310 e. The van der Waals surface area contributed by atoms with Crippen molar-refractivity contribution < 1.29 is 19.4 Å². The van der Waals surface area contributed by atoms with Gasteiger partial charge in [-0.05, 0) is 39.5 Å². The minimum atomic E-state index is -0.826. The molecule has 0 bridgehead atoms. The molecule has 0 spiro atoms. The lowest BCUT2D eigenvalue weighted by atomic mass is 9.98. The fourth-order valence-corrected chi connectivity index (χ4v) is 1.95. The van der Waals surface area contributed by atoms with E-state index in [0.29, 0.717) is 12.8 Å². The summed E-state index contributed by atoms with van der Waals surface area (Å²) in [4.78, 5) is 22.7. The Labute approximate surface area is 102 Å². The van der Waals surface area contributed by atoms with Crippen molar-refractivity contribution in [3.8, 4) is 0 Å². The second-order valence-corrected chi connectivity index (χ2v) is 5.51. The highest BCUT2D eigenvalue weighted by Gasteiger charge is 2.50. The molecule has 0 radical (unpaired) electrons. The molecule has 3 atom stereocenters. The Morgan fingerprint density at radius 3 is 2.47 bits per heavy atom. The van der Waals surface area contributed by atoms with Crippen LogP contribution in [0.1, 0.15) is 33.6 Å². The van der Waals surface area contributed by atoms with Gasteiger partial charge < -0.3 is 9.84 Å². The molecule has 4 heteroatoms. The second kappa shape index (κ2) is 4.90. The number of esters is 1. The Morgan fingerprint density at radius 1 is 1.53 bits per heavy atom. The number of carbonyl (C=O) groups excluding carboxylic acids is 1. The molecule has 1 N–H and O–H groups in total. The summed E-state index contributed by atoms with van der Waals surface area (Å²) in [6, 6.07) is 0. The van der Waals surface area contributed by atoms with E-state index < -0.39 is 17.5 Å². The highest BCUT2D eigenvalue weighted by atomic mass is 16.6. The third kappa shape index (κ3) is 3.88. The van der Waals surface area contributed by atoms with Crippen molar-refractivity contribution in [2.45, 2.75) is 39.2 Å². The molecule has 0 saturated heterocycles. The average molecular weight is 240 g/mol. The van der Waals surface area contributed by atoms with Gasteiger partial charge in [-0.15, -0.1) is 6.58 Å². The predicted octanol–water partition coefficient (Wildman–Crippen LogP) is 2.24. The van der Waals surface area contributed by atoms with Crippen molar-refractivity contribution in [1.29, 1.82) is 0 Å². The minimum Gasteiger partial charge on any atom is -0.481 e. The molecule has 96 valence electrons. The van der Waals surface area contributed by atoms with Crippen LogP contribution in [-0.4, -0.2) is 22.6 Å². The van der Waals surface area contributed by atoms with E-state index in [1.54, 1.807) is 26.8 Å². The molecule has 0 heterocycles. The standard InChI is InChI=1S/C13H20O4/c1-5-6-8(9-7-10(9)11(14)15)12(16)17-13(2,3)4/h5,8-10H,1,6-7H2,2-4H3,(H,14,15). The molecule has 17 heavy (non-hydrogen) atoms. The van der Waals surface area contributed by atoms with Crippen LogP contribution in [0.3, 0.4) is 0 Å². The van der Waals surface area contributed by atoms with E-state index in [2.05, 4.69) is 6.58 Å². The molecular formula is C13H20O4. The van der Waals surface area contributed by atoms with Crippen LogP contribution >= 0.6 is 0 Å². The lowest BCUT2D eigenvalue weighted by molar-refractivity contribution is -0.160. The molecule has 1 aliphatic carbocycles. The quantitative estimate of drug-likeness (QED) is 0.591. The lowest BCUT2D eigenvalue weighted by Gasteiger charge is -2.23. The number of hydrogen-bond donors (Lipinski definition) is 1. The van der Waals surface area contributed by atoms with Gasteiger partial charge in [0, 0.05) is 0 Å². The van der Waals surface area contributed by atoms with E-state index in [0.717, 1.165) is 0 Å². The van der Waals surface area contributed by atoms with E-state index >= 15 is 0 Å². The summed E-state index contributed by atoms with van der Waals surface area (Å²) in [6.45, 7) is 9.01. The summed E-state index contributed by atoms with van der Waals surface area (Å²) in [6.07, 6.45) is 2.68. The summed E-state index contributed by atoms with van der Waals surface area (Å²) in [5, 5.41) is 8.88. The van der Waals surface area contributed by atoms with Gasteiger partial charge in [0.1, 0.15) is 5.60 Å². The summed E-state index contributed by atoms with van der Waals surface area (Å²) in [7, 11) is 0. The summed E-state index contributed by atoms with van der Waals surface area (Å²) in [5.74, 6) is -2.00. The van der Waals surface area contributed by atoms with Crippen LogP contribution in [0.5, 0.6) is 0 Å². The molecule has 1 saturated carbocycles. The van der Waals surface area contributed by atoms with Crippen molar-refractivity contribution in [1.82, 2.24) is 0 Å². The first-order chi connectivity index (χ1) is 7.76. The Kier molecular flexibility index (Phi) is 3.96. The Morgan fingerprint density at radius 2 is 2.12 bits per heavy atom. The molecule has 1 fully saturated rings. The molecule has 0 aromatic rings. The van der Waals surface area contributed by atoms with E-state index in [-0.39, 0.29) is 17.8 Å². The zero-order chi connectivity index (χ0) is 13.2. The van der Waals surface area contributed by atoms with E-state index in [4.69, 9.17) is 9.84 Å². The maximum atomic E-state index is 11.9. The van der Waals surface area contributed by atoms with Crippen LogP contribution in [0.4, 0.5) is 0 Å². The molecule has 1 aliphatic rings. The van der Waals surface area contributed by atoms with Crippen LogP contribution in [-0.2, 0) is 14.3 Å². The first kappa shape index (κ1) is 13.7. The molecule has 0 aromatic carbocycles. The molecule has 0 aromatic heterocycles. The van der Waals surface area contributed by atoms with Gasteiger partial charge in [0.2, 0.25) is 0 Å². The predicted molar refractivity (Wildman–Crippen MR) is 63.4 cm³/mol. The highest BCUT2D eigenvalue weighted by Crippen LogP contribution is 2.46. The number of rotatable bonds is 5. The Bertz CT molecular complexity index is 327. The number of aliphatic carboxylic acids is 1. The van der Waals surface area contributed by atoms with Gasteiger partial charge in [-0.2, -0.15) is 0 Å². The van der Waals surface area contributed by atoms with Gasteiger partial charge in [0.15, 0.2) is 0 Å². The zero-order valence-electron chi connectivity index (χ0n) is 10.6. The second-order valence-electron chi connectivity index (χ2n) is 5.51. The molecular weight excluding hydrogens is 220 g/mol. The van der Waals surface area contributed by atoms with Crippen LogP contribution < -0.4 is 0 Å². The number of carbonyl (C=O) groups is 2. The van der Waals surface area contributed by atoms with E-state index in [9.17, 15) is 9.59 Å². The monoisotopic (exact) mass is 240 g/mol. The van der Waals surface area contributed by atoms with Gasteiger partial charge >= 0.3 is 11.9 Å². The van der Waals surface area contributed by atoms with Gasteiger partial charge in [0.05, 0.1) is 11.8 Å². The van der Waals surface area contributed by atoms with Crippen LogP contribution in [0, 0.1) is 17.8 Å². The average Bonchev–Trinajstić information content (AvgIpc) is 2.90. The summed E-state index contributed by atoms with van der Waals surface area (Å²) in [5.41, 5.74) is -0.538. The fraction of sp³-hybridized carbons (Fsp3) is 0.692. The van der Waals surface area contributed by atoms with Crippen molar-refractivity contribution in [3.05, 3.63) is 12.7 Å². The van der Waals surface area contributed by atoms with Gasteiger partial charge in [-0.3, -0.25) is 9.59 Å². The van der Waals surface area contributed by atoms with Crippen molar-refractivity contribution >= 4 is 11.9 Å². The summed E-state index contributed by atoms with van der Waals surface area (Å²) < 4.78 is 5.30. The number of allylic oxidation sites excluding steroid dienone is 1. The number of ether oxygens (including phenoxy) is 1. The maximum absolute atomic E-state index is 11.9. The number of carboxylic acid groups (broad SMARTS) is 1. The van der Waals surface area contributed by atoms with Gasteiger partial charge in [-0.1, -0.05) is 6.08 Å². The van der Waals surface area contributed by atoms with Crippen LogP contribution in [0.2, 0.25) is 0 Å². The van der Waals surface area contributed by atoms with Crippen molar-refractivity contribution in [3.63, 3.8) is 0 Å². The van der Waals surface area contributed by atoms with E-state index in [1.807, 2.05) is 0 Å². The lowest BCUT2D eigenvalue weighted by Crippen LogP contribution is -2.30. The molecule has 0 amide bonds. The Balaban J connectivity index is 2.64. The first-order valence-corrected chi connectivity index (χ1v) is 5.83. The molecule has 0 aliphatic heterocycles. The highest BCUT2D eigenvalue weighted by molar-refractivity contribution is 5.79. The van der Waals surface area contributed by atoms with Crippen LogP contribution in [0.25, 0.3) is 0 Å². The van der Waals surface area contributed by atoms with Crippen LogP contribution in [0.15, 0.2) is 12.7 Å². The van der Waals surface area contributed by atoms with Crippen molar-refractivity contribution in [2.75, 3.05) is 0 Å². The van der Waals surface area contributed by atoms with E-state index in [1.165, 1.54) is 0 Å². The number of hydrogen-bond acceptors (Lipinski definition) is 3. The molecule has 4 nitrogen and oxygen atoms in total. The largest absolute Gasteiger partial charge is 0.481 e. The SMILES string of the molecule is C=CCC(C(=O)OC(C)(C)C)C1CC1C(=O)O. The first-order valence-electron chi connectivity index (χ1n) is 5.83. The topological polar surface area (TPSA) is 63.6 Å². The normalized spacial score (nSPS) is 24.9. The van der Waals surface area contributed by atoms with Gasteiger partial charge in [-0.25, -0.2) is 0 Å². The van der Waals surface area contributed by atoms with Gasteiger partial charge in [0.25, 0.3) is 0 Å².